The standard InChI is InChI=1S/C11H14BrClO4S/c1-16-9-5-4-7(11(17-2)10(9)12)8(13)6-18(3,14)15/h4-5,8H,6H2,1-3H3. The van der Waals surface area contributed by atoms with Crippen LogP contribution in [0, 0.1) is 0 Å². The Bertz CT molecular complexity index is 530. The van der Waals surface area contributed by atoms with Crippen LogP contribution in [0.5, 0.6) is 11.5 Å². The van der Waals surface area contributed by atoms with Gasteiger partial charge in [-0.05, 0) is 22.0 Å². The van der Waals surface area contributed by atoms with Crippen LogP contribution in [0.25, 0.3) is 0 Å². The molecule has 7 heteroatoms. The fourth-order valence-electron chi connectivity index (χ4n) is 1.52. The van der Waals surface area contributed by atoms with Gasteiger partial charge in [-0.2, -0.15) is 0 Å². The highest BCUT2D eigenvalue weighted by atomic mass is 79.9. The third kappa shape index (κ3) is 3.76. The fourth-order valence-corrected chi connectivity index (χ4v) is 3.77. The molecule has 4 nitrogen and oxygen atoms in total. The molecule has 102 valence electrons. The van der Waals surface area contributed by atoms with Gasteiger partial charge in [-0.3, -0.25) is 0 Å². The smallest absolute Gasteiger partial charge is 0.149 e. The van der Waals surface area contributed by atoms with Gasteiger partial charge in [0.25, 0.3) is 0 Å². The van der Waals surface area contributed by atoms with E-state index in [0.717, 1.165) is 6.26 Å². The van der Waals surface area contributed by atoms with Crippen molar-refractivity contribution in [3.05, 3.63) is 22.2 Å². The number of alkyl halides is 1. The summed E-state index contributed by atoms with van der Waals surface area (Å²) in [5.74, 6) is 0.931. The zero-order chi connectivity index (χ0) is 13.9. The Morgan fingerprint density at radius 3 is 2.39 bits per heavy atom. The van der Waals surface area contributed by atoms with E-state index in [9.17, 15) is 8.42 Å². The summed E-state index contributed by atoms with van der Waals surface area (Å²) in [6, 6.07) is 3.41. The maximum absolute atomic E-state index is 11.3. The number of sulfone groups is 1. The van der Waals surface area contributed by atoms with Crippen LogP contribution in [-0.4, -0.2) is 34.6 Å². The van der Waals surface area contributed by atoms with Crippen molar-refractivity contribution in [3.63, 3.8) is 0 Å². The average Bonchev–Trinajstić information content (AvgIpc) is 2.26. The Morgan fingerprint density at radius 1 is 1.33 bits per heavy atom. The van der Waals surface area contributed by atoms with Gasteiger partial charge in [0.2, 0.25) is 0 Å². The van der Waals surface area contributed by atoms with E-state index in [1.54, 1.807) is 12.1 Å². The number of hydrogen-bond acceptors (Lipinski definition) is 4. The average molecular weight is 358 g/mol. The molecule has 0 heterocycles. The van der Waals surface area contributed by atoms with Gasteiger partial charge in [0.1, 0.15) is 25.8 Å². The molecule has 0 amide bonds. The van der Waals surface area contributed by atoms with Crippen molar-refractivity contribution in [3.8, 4) is 11.5 Å². The molecule has 0 saturated heterocycles. The SMILES string of the molecule is COc1ccc(C(Cl)CS(C)(=O)=O)c(OC)c1Br. The summed E-state index contributed by atoms with van der Waals surface area (Å²) >= 11 is 9.46. The summed E-state index contributed by atoms with van der Waals surface area (Å²) < 4.78 is 33.5. The molecule has 0 bridgehead atoms. The van der Waals surface area contributed by atoms with Crippen molar-refractivity contribution < 1.29 is 17.9 Å². The Balaban J connectivity index is 3.21. The van der Waals surface area contributed by atoms with Crippen LogP contribution in [0.2, 0.25) is 0 Å². The summed E-state index contributed by atoms with van der Waals surface area (Å²) in [7, 11) is -0.130. The largest absolute Gasteiger partial charge is 0.495 e. The molecule has 18 heavy (non-hydrogen) atoms. The lowest BCUT2D eigenvalue weighted by atomic mass is 10.1. The molecular weight excluding hydrogens is 344 g/mol. The van der Waals surface area contributed by atoms with Crippen molar-refractivity contribution in [2.45, 2.75) is 5.38 Å². The van der Waals surface area contributed by atoms with E-state index >= 15 is 0 Å². The lowest BCUT2D eigenvalue weighted by molar-refractivity contribution is 0.386. The van der Waals surface area contributed by atoms with Gasteiger partial charge in [-0.25, -0.2) is 8.42 Å². The second-order valence-corrected chi connectivity index (χ2v) is 7.27. The van der Waals surface area contributed by atoms with Crippen LogP contribution < -0.4 is 9.47 Å². The van der Waals surface area contributed by atoms with Gasteiger partial charge >= 0.3 is 0 Å². The Labute approximate surface area is 120 Å². The highest BCUT2D eigenvalue weighted by molar-refractivity contribution is 9.10. The van der Waals surface area contributed by atoms with E-state index in [0.29, 0.717) is 21.5 Å². The quantitative estimate of drug-likeness (QED) is 0.760. The van der Waals surface area contributed by atoms with Crippen LogP contribution in [0.3, 0.4) is 0 Å². The van der Waals surface area contributed by atoms with Crippen molar-refractivity contribution in [2.75, 3.05) is 26.2 Å². The zero-order valence-electron chi connectivity index (χ0n) is 10.2. The number of hydrogen-bond donors (Lipinski definition) is 0. The summed E-state index contributed by atoms with van der Waals surface area (Å²) in [5.41, 5.74) is 0.609. The molecule has 0 aliphatic heterocycles. The lowest BCUT2D eigenvalue weighted by Gasteiger charge is -2.16. The van der Waals surface area contributed by atoms with Crippen molar-refractivity contribution in [2.24, 2.45) is 0 Å². The zero-order valence-corrected chi connectivity index (χ0v) is 13.4. The molecule has 0 aliphatic rings. The minimum atomic E-state index is -3.16. The summed E-state index contributed by atoms with van der Waals surface area (Å²) in [4.78, 5) is 0. The molecule has 1 unspecified atom stereocenters. The van der Waals surface area contributed by atoms with Crippen molar-refractivity contribution in [1.29, 1.82) is 0 Å². The van der Waals surface area contributed by atoms with Gasteiger partial charge < -0.3 is 9.47 Å². The maximum Gasteiger partial charge on any atom is 0.149 e. The Hall–Kier alpha value is -0.460. The van der Waals surface area contributed by atoms with Gasteiger partial charge in [0.05, 0.1) is 25.3 Å². The molecule has 0 saturated carbocycles. The molecule has 0 aromatic heterocycles. The molecule has 0 radical (unpaired) electrons. The van der Waals surface area contributed by atoms with Gasteiger partial charge in [0.15, 0.2) is 0 Å². The summed E-state index contributed by atoms with van der Waals surface area (Å²) in [5, 5.41) is -0.669. The van der Waals surface area contributed by atoms with E-state index in [1.165, 1.54) is 14.2 Å². The van der Waals surface area contributed by atoms with E-state index in [1.807, 2.05) is 0 Å². The minimum Gasteiger partial charge on any atom is -0.495 e. The summed E-state index contributed by atoms with van der Waals surface area (Å²) in [6.07, 6.45) is 1.15. The maximum atomic E-state index is 11.3. The molecule has 0 N–H and O–H groups in total. The van der Waals surface area contributed by atoms with E-state index in [-0.39, 0.29) is 5.75 Å². The topological polar surface area (TPSA) is 52.6 Å². The third-order valence-electron chi connectivity index (χ3n) is 2.30. The molecule has 0 aliphatic carbocycles. The number of methoxy groups -OCH3 is 2. The van der Waals surface area contributed by atoms with Crippen LogP contribution in [0.4, 0.5) is 0 Å². The second kappa shape index (κ2) is 6.12. The molecular formula is C11H14BrClO4S. The normalized spacial score (nSPS) is 13.2. The third-order valence-corrected chi connectivity index (χ3v) is 4.56. The minimum absolute atomic E-state index is 0.149. The molecule has 1 atom stereocenters. The van der Waals surface area contributed by atoms with Crippen LogP contribution in [-0.2, 0) is 9.84 Å². The number of rotatable bonds is 5. The predicted molar refractivity (Wildman–Crippen MR) is 75.6 cm³/mol. The first-order valence-corrected chi connectivity index (χ1v) is 8.31. The van der Waals surface area contributed by atoms with Crippen LogP contribution >= 0.6 is 27.5 Å². The number of benzene rings is 1. The Kier molecular flexibility index (Phi) is 5.31. The molecule has 1 aromatic carbocycles. The number of halogens is 2. The highest BCUT2D eigenvalue weighted by Crippen LogP contribution is 2.41. The van der Waals surface area contributed by atoms with Crippen LogP contribution in [0.15, 0.2) is 16.6 Å². The molecule has 1 rings (SSSR count). The molecule has 0 fully saturated rings. The second-order valence-electron chi connectivity index (χ2n) is 3.76. The van der Waals surface area contributed by atoms with E-state index < -0.39 is 15.2 Å². The summed E-state index contributed by atoms with van der Waals surface area (Å²) in [6.45, 7) is 0. The molecule has 1 aromatic rings. The van der Waals surface area contributed by atoms with Crippen molar-refractivity contribution >= 4 is 37.4 Å². The van der Waals surface area contributed by atoms with Gasteiger partial charge in [-0.1, -0.05) is 6.07 Å². The van der Waals surface area contributed by atoms with E-state index in [2.05, 4.69) is 15.9 Å². The first-order valence-electron chi connectivity index (χ1n) is 5.02. The first-order chi connectivity index (χ1) is 8.30. The Morgan fingerprint density at radius 2 is 1.94 bits per heavy atom. The molecule has 0 spiro atoms. The monoisotopic (exact) mass is 356 g/mol. The fraction of sp³-hybridized carbons (Fsp3) is 0.455. The van der Waals surface area contributed by atoms with Gasteiger partial charge in [-0.15, -0.1) is 11.6 Å². The first kappa shape index (κ1) is 15.6. The highest BCUT2D eigenvalue weighted by Gasteiger charge is 2.21. The lowest BCUT2D eigenvalue weighted by Crippen LogP contribution is -2.10. The van der Waals surface area contributed by atoms with E-state index in [4.69, 9.17) is 21.1 Å². The van der Waals surface area contributed by atoms with Crippen LogP contribution in [0.1, 0.15) is 10.9 Å². The van der Waals surface area contributed by atoms with Crippen molar-refractivity contribution in [1.82, 2.24) is 0 Å². The van der Waals surface area contributed by atoms with Gasteiger partial charge in [0, 0.05) is 11.8 Å². The number of ether oxygens (including phenoxy) is 2. The predicted octanol–water partition coefficient (Wildman–Crippen LogP) is 2.79.